The maximum atomic E-state index is 11.4. The van der Waals surface area contributed by atoms with E-state index in [9.17, 15) is 4.79 Å². The van der Waals surface area contributed by atoms with E-state index in [0.29, 0.717) is 11.7 Å². The summed E-state index contributed by atoms with van der Waals surface area (Å²) in [5.74, 6) is 0.844. The average Bonchev–Trinajstić information content (AvgIpc) is 2.15. The van der Waals surface area contributed by atoms with Crippen LogP contribution in [0, 0.1) is 11.3 Å². The predicted molar refractivity (Wildman–Crippen MR) is 61.4 cm³/mol. The third kappa shape index (κ3) is 2.81. The molecule has 0 bridgehead atoms. The first-order valence-electron chi connectivity index (χ1n) is 5.66. The minimum Gasteiger partial charge on any atom is -0.306 e. The lowest BCUT2D eigenvalue weighted by Gasteiger charge is -2.41. The molecular weight excluding hydrogens is 174 g/mol. The van der Waals surface area contributed by atoms with Gasteiger partial charge in [0.05, 0.1) is 0 Å². The topological polar surface area (TPSA) is 20.3 Å². The van der Waals surface area contributed by atoms with Crippen molar-refractivity contribution in [3.05, 3.63) is 0 Å². The highest BCUT2D eigenvalue weighted by Crippen LogP contribution is 2.36. The van der Waals surface area contributed by atoms with Crippen molar-refractivity contribution in [3.8, 4) is 0 Å². The molecule has 1 rings (SSSR count). The number of likely N-dealkylation sites (tertiary alicyclic amines) is 1. The summed E-state index contributed by atoms with van der Waals surface area (Å²) < 4.78 is 0. The van der Waals surface area contributed by atoms with Crippen LogP contribution in [0.25, 0.3) is 0 Å². The lowest BCUT2D eigenvalue weighted by Crippen LogP contribution is -2.46. The molecule has 1 saturated heterocycles. The van der Waals surface area contributed by atoms with Gasteiger partial charge in [-0.1, -0.05) is 27.7 Å². The Kier molecular flexibility index (Phi) is 5.35. The van der Waals surface area contributed by atoms with Gasteiger partial charge in [0.25, 0.3) is 0 Å². The second-order valence-electron chi connectivity index (χ2n) is 4.39. The van der Waals surface area contributed by atoms with Crippen molar-refractivity contribution in [1.82, 2.24) is 4.90 Å². The summed E-state index contributed by atoms with van der Waals surface area (Å²) in [5.41, 5.74) is -0.0630. The fourth-order valence-electron chi connectivity index (χ4n) is 1.95. The Morgan fingerprint density at radius 1 is 1.43 bits per heavy atom. The van der Waals surface area contributed by atoms with Gasteiger partial charge in [0.1, 0.15) is 5.78 Å². The van der Waals surface area contributed by atoms with E-state index in [1.165, 1.54) is 0 Å². The number of hydrogen-bond donors (Lipinski definition) is 0. The number of rotatable bonds is 1. The van der Waals surface area contributed by atoms with Crippen LogP contribution in [0.1, 0.15) is 41.0 Å². The minimum absolute atomic E-state index is 0.0630. The second-order valence-corrected chi connectivity index (χ2v) is 4.39. The Hall–Kier alpha value is -0.370. The predicted octanol–water partition coefficient (Wildman–Crippen LogP) is 2.58. The number of piperidine rings is 1. The van der Waals surface area contributed by atoms with Crippen LogP contribution >= 0.6 is 0 Å². The standard InChI is InChI=1S/C10H19NO.C2H6/c1-8-7-11(4)6-5-10(8,3)9(2)12;1-2/h8H,5-7H2,1-4H3;1-2H3/t8-,10?;/m0./s1. The monoisotopic (exact) mass is 199 g/mol. The van der Waals surface area contributed by atoms with Crippen LogP contribution < -0.4 is 0 Å². The maximum absolute atomic E-state index is 11.4. The molecule has 0 aromatic carbocycles. The Morgan fingerprint density at radius 2 is 1.93 bits per heavy atom. The summed E-state index contributed by atoms with van der Waals surface area (Å²) in [5, 5.41) is 0. The molecule has 1 unspecified atom stereocenters. The summed E-state index contributed by atoms with van der Waals surface area (Å²) in [7, 11) is 2.12. The number of Topliss-reactive ketones (excluding diaryl/α,β-unsaturated/α-hetero) is 1. The fourth-order valence-corrected chi connectivity index (χ4v) is 1.95. The summed E-state index contributed by atoms with van der Waals surface area (Å²) in [6.45, 7) is 12.1. The van der Waals surface area contributed by atoms with E-state index >= 15 is 0 Å². The van der Waals surface area contributed by atoms with E-state index in [-0.39, 0.29) is 5.41 Å². The van der Waals surface area contributed by atoms with Gasteiger partial charge >= 0.3 is 0 Å². The number of carbonyl (C=O) groups excluding carboxylic acids is 1. The Balaban J connectivity index is 0.000000791. The van der Waals surface area contributed by atoms with Gasteiger partial charge < -0.3 is 4.90 Å². The molecule has 14 heavy (non-hydrogen) atoms. The Labute approximate surface area is 88.7 Å². The van der Waals surface area contributed by atoms with Crippen LogP contribution in [0.15, 0.2) is 0 Å². The summed E-state index contributed by atoms with van der Waals surface area (Å²) in [4.78, 5) is 13.7. The zero-order valence-electron chi connectivity index (χ0n) is 10.6. The van der Waals surface area contributed by atoms with Gasteiger partial charge in [-0.15, -0.1) is 0 Å². The molecule has 0 amide bonds. The normalized spacial score (nSPS) is 33.1. The number of hydrogen-bond acceptors (Lipinski definition) is 2. The minimum atomic E-state index is -0.0630. The van der Waals surface area contributed by atoms with Gasteiger partial charge in [-0.25, -0.2) is 0 Å². The van der Waals surface area contributed by atoms with Crippen molar-refractivity contribution >= 4 is 5.78 Å². The molecule has 0 aromatic rings. The van der Waals surface area contributed by atoms with Gasteiger partial charge in [-0.2, -0.15) is 0 Å². The summed E-state index contributed by atoms with van der Waals surface area (Å²) >= 11 is 0. The molecule has 0 spiro atoms. The lowest BCUT2D eigenvalue weighted by molar-refractivity contribution is -0.131. The van der Waals surface area contributed by atoms with Crippen molar-refractivity contribution in [2.45, 2.75) is 41.0 Å². The van der Waals surface area contributed by atoms with Gasteiger partial charge in [0.15, 0.2) is 0 Å². The third-order valence-electron chi connectivity index (χ3n) is 3.49. The summed E-state index contributed by atoms with van der Waals surface area (Å²) in [6, 6.07) is 0. The smallest absolute Gasteiger partial charge is 0.136 e. The SMILES string of the molecule is CC.CC(=O)C1(C)CCN(C)C[C@@H]1C. The Morgan fingerprint density at radius 3 is 2.29 bits per heavy atom. The zero-order chi connectivity index (χ0) is 11.4. The van der Waals surface area contributed by atoms with Crippen molar-refractivity contribution in [2.75, 3.05) is 20.1 Å². The zero-order valence-corrected chi connectivity index (χ0v) is 10.6. The molecule has 0 aromatic heterocycles. The van der Waals surface area contributed by atoms with Crippen molar-refractivity contribution in [2.24, 2.45) is 11.3 Å². The molecule has 0 radical (unpaired) electrons. The van der Waals surface area contributed by atoms with Crippen LogP contribution in [-0.4, -0.2) is 30.8 Å². The highest BCUT2D eigenvalue weighted by atomic mass is 16.1. The van der Waals surface area contributed by atoms with Gasteiger partial charge in [-0.05, 0) is 32.9 Å². The van der Waals surface area contributed by atoms with Crippen LogP contribution in [0.5, 0.6) is 0 Å². The van der Waals surface area contributed by atoms with Crippen LogP contribution in [0.2, 0.25) is 0 Å². The van der Waals surface area contributed by atoms with Crippen LogP contribution in [-0.2, 0) is 4.79 Å². The van der Waals surface area contributed by atoms with E-state index in [0.717, 1.165) is 19.5 Å². The molecule has 0 saturated carbocycles. The first kappa shape index (κ1) is 13.6. The Bertz CT molecular complexity index is 191. The van der Waals surface area contributed by atoms with Gasteiger partial charge in [0, 0.05) is 12.0 Å². The van der Waals surface area contributed by atoms with E-state index in [1.54, 1.807) is 6.92 Å². The highest BCUT2D eigenvalue weighted by molar-refractivity contribution is 5.82. The summed E-state index contributed by atoms with van der Waals surface area (Å²) in [6.07, 6.45) is 1.01. The number of nitrogens with zero attached hydrogens (tertiary/aromatic N) is 1. The van der Waals surface area contributed by atoms with E-state index in [2.05, 4.69) is 25.8 Å². The molecule has 1 aliphatic heterocycles. The highest BCUT2D eigenvalue weighted by Gasteiger charge is 2.39. The number of ketones is 1. The van der Waals surface area contributed by atoms with E-state index in [4.69, 9.17) is 0 Å². The van der Waals surface area contributed by atoms with E-state index < -0.39 is 0 Å². The molecule has 1 aliphatic rings. The third-order valence-corrected chi connectivity index (χ3v) is 3.49. The van der Waals surface area contributed by atoms with Crippen LogP contribution in [0.4, 0.5) is 0 Å². The van der Waals surface area contributed by atoms with E-state index in [1.807, 2.05) is 13.8 Å². The molecule has 2 nitrogen and oxygen atoms in total. The molecule has 1 fully saturated rings. The molecular formula is C12H25NO. The van der Waals surface area contributed by atoms with Crippen LogP contribution in [0.3, 0.4) is 0 Å². The first-order chi connectivity index (χ1) is 6.47. The molecule has 1 heterocycles. The fraction of sp³-hybridized carbons (Fsp3) is 0.917. The van der Waals surface area contributed by atoms with Crippen molar-refractivity contribution < 1.29 is 4.79 Å². The average molecular weight is 199 g/mol. The molecule has 2 atom stereocenters. The first-order valence-corrected chi connectivity index (χ1v) is 5.66. The quantitative estimate of drug-likeness (QED) is 0.647. The molecule has 0 N–H and O–H groups in total. The lowest BCUT2D eigenvalue weighted by atomic mass is 9.70. The largest absolute Gasteiger partial charge is 0.306 e. The molecule has 84 valence electrons. The maximum Gasteiger partial charge on any atom is 0.136 e. The molecule has 0 aliphatic carbocycles. The number of carbonyl (C=O) groups is 1. The van der Waals surface area contributed by atoms with Gasteiger partial charge in [0.2, 0.25) is 0 Å². The van der Waals surface area contributed by atoms with Crippen molar-refractivity contribution in [1.29, 1.82) is 0 Å². The second kappa shape index (κ2) is 5.50. The van der Waals surface area contributed by atoms with Gasteiger partial charge in [-0.3, -0.25) is 4.79 Å². The molecule has 2 heteroatoms. The van der Waals surface area contributed by atoms with Crippen molar-refractivity contribution in [3.63, 3.8) is 0 Å².